The summed E-state index contributed by atoms with van der Waals surface area (Å²) >= 11 is 16.3. The molecule has 0 amide bonds. The molecule has 3 N–H and O–H groups in total. The maximum absolute atomic E-state index is 11.6. The number of aromatic carboxylic acids is 3. The fourth-order valence-corrected chi connectivity index (χ4v) is 9.78. The van der Waals surface area contributed by atoms with E-state index in [-0.39, 0.29) is 72.6 Å². The Morgan fingerprint density at radius 2 is 0.713 bits per heavy atom. The van der Waals surface area contributed by atoms with Crippen LogP contribution in [0.25, 0.3) is 32.3 Å². The molecule has 0 fully saturated rings. The van der Waals surface area contributed by atoms with Gasteiger partial charge in [-0.3, -0.25) is 60.2 Å². The van der Waals surface area contributed by atoms with E-state index in [9.17, 15) is 84.1 Å². The lowest BCUT2D eigenvalue weighted by atomic mass is 9.96. The molecule has 28 nitrogen and oxygen atoms in total. The van der Waals surface area contributed by atoms with Crippen LogP contribution in [0.15, 0.2) is 164 Å². The second-order valence-corrected chi connectivity index (χ2v) is 26.0. The van der Waals surface area contributed by atoms with E-state index in [1.807, 2.05) is 73.8 Å². The number of cyclic esters (lactones) is 2. The molecule has 0 radical (unpaired) electrons. The molecule has 0 aromatic heterocycles. The number of rotatable bonds is 10. The summed E-state index contributed by atoms with van der Waals surface area (Å²) in [6, 6.07) is 39.7. The van der Waals surface area contributed by atoms with E-state index in [4.69, 9.17) is 46.9 Å². The smallest absolute Gasteiger partial charge is 0.346 e. The number of nitro benzene ring substituents is 5. The predicted molar refractivity (Wildman–Crippen MR) is 373 cm³/mol. The summed E-state index contributed by atoms with van der Waals surface area (Å²) < 4.78 is 24.6. The zero-order valence-corrected chi connectivity index (χ0v) is 58.2. The molecule has 9 aromatic rings. The van der Waals surface area contributed by atoms with E-state index in [1.54, 1.807) is 66.7 Å². The van der Waals surface area contributed by atoms with Crippen molar-refractivity contribution < 1.29 is 86.7 Å². The Hall–Kier alpha value is -8.12. The summed E-state index contributed by atoms with van der Waals surface area (Å²) in [5, 5.41) is 80.1. The van der Waals surface area contributed by atoms with Gasteiger partial charge in [0, 0.05) is 118 Å². The molecule has 0 saturated carbocycles. The number of carboxylic acid groups (broad SMARTS) is 3. The van der Waals surface area contributed by atoms with Crippen LogP contribution in [0.2, 0.25) is 0 Å². The van der Waals surface area contributed by atoms with Gasteiger partial charge in [-0.2, -0.15) is 0 Å². The fourth-order valence-electron chi connectivity index (χ4n) is 7.53. The molecule has 488 valence electrons. The summed E-state index contributed by atoms with van der Waals surface area (Å²) in [7, 11) is 14.7. The molecule has 1 aliphatic rings. The van der Waals surface area contributed by atoms with Crippen molar-refractivity contribution in [2.45, 2.75) is 0 Å². The first-order chi connectivity index (χ1) is 44.0. The zero-order valence-electron chi connectivity index (χ0n) is 45.5. The molecule has 1 heterocycles. The number of nitrogens with zero attached hydrogens (tertiary/aromatic N) is 5. The highest BCUT2D eigenvalue weighted by molar-refractivity contribution is 14.1. The highest BCUT2D eigenvalue weighted by Crippen LogP contribution is 2.35. The van der Waals surface area contributed by atoms with Crippen molar-refractivity contribution in [1.29, 1.82) is 0 Å². The summed E-state index contributed by atoms with van der Waals surface area (Å²) in [5.74, 6) is -4.68. The van der Waals surface area contributed by atoms with Crippen molar-refractivity contribution in [2.24, 2.45) is 0 Å². The summed E-state index contributed by atoms with van der Waals surface area (Å²) in [6.45, 7) is 0. The third kappa shape index (κ3) is 23.7. The first-order valence-corrected chi connectivity index (χ1v) is 33.6. The van der Waals surface area contributed by atoms with Gasteiger partial charge in [0.1, 0.15) is 0 Å². The average Bonchev–Trinajstić information content (AvgIpc) is 0.758. The van der Waals surface area contributed by atoms with E-state index >= 15 is 0 Å². The first-order valence-electron chi connectivity index (χ1n) is 24.0. The maximum Gasteiger partial charge on any atom is 0.346 e. The van der Waals surface area contributed by atoms with Crippen molar-refractivity contribution in [2.75, 3.05) is 0 Å². The largest absolute Gasteiger partial charge is 0.478 e. The molecule has 94 heavy (non-hydrogen) atoms. The minimum absolute atomic E-state index is 0.0303. The number of carbonyl (C=O) groups excluding carboxylic acids is 4. The van der Waals surface area contributed by atoms with E-state index in [0.29, 0.717) is 34.2 Å². The second-order valence-electron chi connectivity index (χ2n) is 16.8. The molecular formula is C55H30Cl6I3N5O23S2. The molecule has 0 spiro atoms. The number of hydrogen-bond donors (Lipinski definition) is 3. The number of benzene rings is 9. The third-order valence-electron chi connectivity index (χ3n) is 11.3. The molecule has 0 saturated heterocycles. The fraction of sp³-hybridized carbons (Fsp3) is 0. The second kappa shape index (κ2) is 38.3. The minimum atomic E-state index is -1.67. The van der Waals surface area contributed by atoms with Crippen LogP contribution < -0.4 is 0 Å². The Labute approximate surface area is 598 Å². The normalized spacial score (nSPS) is 10.5. The van der Waals surface area contributed by atoms with Crippen LogP contribution in [0.5, 0.6) is 0 Å². The average molecular weight is 1790 g/mol. The number of fused-ring (bicyclic) bond motifs is 2. The van der Waals surface area contributed by atoms with Gasteiger partial charge in [0.05, 0.1) is 74.2 Å². The topological polar surface area (TPSA) is 439 Å². The molecule has 0 bridgehead atoms. The zero-order chi connectivity index (χ0) is 71.0. The lowest BCUT2D eigenvalue weighted by Crippen LogP contribution is -2.19. The van der Waals surface area contributed by atoms with Crippen LogP contribution in [0.4, 0.5) is 28.4 Å². The molecule has 0 atom stereocenters. The van der Waals surface area contributed by atoms with Gasteiger partial charge in [-0.25, -0.2) is 32.4 Å². The number of halogens is 9. The van der Waals surface area contributed by atoms with Crippen molar-refractivity contribution in [3.63, 3.8) is 0 Å². The number of hydrogen-bond acceptors (Lipinski definition) is 20. The van der Waals surface area contributed by atoms with Crippen LogP contribution in [0.1, 0.15) is 72.5 Å². The van der Waals surface area contributed by atoms with Gasteiger partial charge in [-0.15, -0.1) is 0 Å². The monoisotopic (exact) mass is 1780 g/mol. The Bertz CT molecular complexity index is 4250. The number of nitro groups is 5. The highest BCUT2D eigenvalue weighted by Gasteiger charge is 2.30. The molecule has 0 unspecified atom stereocenters. The first kappa shape index (κ1) is 80.1. The Balaban J connectivity index is 0.000000289. The number of carboxylic acids is 3. The van der Waals surface area contributed by atoms with E-state index < -0.39 is 83.4 Å². The standard InChI is InChI=1S/C12H5NO5.C11H6ClNO3.C11H7NO4.C7H3ClINO3.C7H4INO4.C7H5IO2.2Cl2OS/c14-11-7-3-1-2-6-9(13(16)17)5-4-8(10(6)7)12(15)18-11;12-11(14)9-5-6-10(13(15)16)8-4-2-1-3-7(8)9;13-11(14)9-5-6-10(12(15)16)8-4-2-1-3-7(8)9;8-7(11)5-3-4(10(12)13)1-2-6(5)9;8-6-2-1-4(9(12)13)3-5(6)7(10)11;8-6-4-2-1-3-5(6)7(9)10;2*1-4(2)3/h1-5H;1-6H;1-6H,(H,13,14);1-3H;1-3H,(H,10,11);1-4H,(H,9,10);;. The number of carbonyl (C=O) groups is 7. The number of esters is 2. The van der Waals surface area contributed by atoms with Gasteiger partial charge in [0.15, 0.2) is 0 Å². The van der Waals surface area contributed by atoms with Gasteiger partial charge in [0.2, 0.25) is 18.5 Å². The third-order valence-corrected chi connectivity index (χ3v) is 14.6. The van der Waals surface area contributed by atoms with E-state index in [1.165, 1.54) is 78.9 Å². The van der Waals surface area contributed by atoms with Gasteiger partial charge < -0.3 is 20.1 Å². The number of ether oxygens (including phenoxy) is 1. The summed E-state index contributed by atoms with van der Waals surface area (Å²) in [4.78, 5) is 127. The Morgan fingerprint density at radius 1 is 0.383 bits per heavy atom. The van der Waals surface area contributed by atoms with E-state index in [0.717, 1.165) is 15.7 Å². The van der Waals surface area contributed by atoms with Crippen LogP contribution >= 0.6 is 134 Å². The lowest BCUT2D eigenvalue weighted by molar-refractivity contribution is -0.385. The molecular weight excluding hydrogens is 1760 g/mol. The van der Waals surface area contributed by atoms with Crippen molar-refractivity contribution in [1.82, 2.24) is 0 Å². The van der Waals surface area contributed by atoms with Crippen LogP contribution in [-0.4, -0.2) is 88.7 Å². The van der Waals surface area contributed by atoms with Crippen LogP contribution in [-0.2, 0) is 23.2 Å². The minimum Gasteiger partial charge on any atom is -0.478 e. The number of non-ortho nitro benzene ring substituents is 5. The molecule has 9 aromatic carbocycles. The van der Waals surface area contributed by atoms with Crippen LogP contribution in [0.3, 0.4) is 0 Å². The Kier molecular flexibility index (Phi) is 32.6. The van der Waals surface area contributed by atoms with Crippen molar-refractivity contribution in [3.05, 3.63) is 264 Å². The van der Waals surface area contributed by atoms with Crippen molar-refractivity contribution in [3.8, 4) is 0 Å². The summed E-state index contributed by atoms with van der Waals surface area (Å²) in [5.41, 5.74) is 0.577. The molecule has 39 heteroatoms. The SMILES string of the molecule is O=C(Cl)c1cc([N+](=O)[O-])ccc1I.O=C(Cl)c1ccc([N+](=O)[O-])c2ccccc12.O=C(O)c1cc([N+](=O)[O-])ccc1I.O=C(O)c1ccc([N+](=O)[O-])c2ccccc12.O=C(O)c1ccccc1I.O=C1OC(=O)c2ccc([N+](=O)[O-])c3cccc1c23.O=S(Cl)Cl.O=S(Cl)Cl. The van der Waals surface area contributed by atoms with Gasteiger partial charge in [-0.1, -0.05) is 54.6 Å². The van der Waals surface area contributed by atoms with Gasteiger partial charge >= 0.3 is 29.8 Å². The quantitative estimate of drug-likeness (QED) is 0.0286. The van der Waals surface area contributed by atoms with Crippen LogP contribution in [0, 0.1) is 61.3 Å². The molecule has 0 aliphatic carbocycles. The highest BCUT2D eigenvalue weighted by atomic mass is 127. The maximum atomic E-state index is 11.6. The van der Waals surface area contributed by atoms with Gasteiger partial charge in [-0.05, 0) is 158 Å². The predicted octanol–water partition coefficient (Wildman–Crippen LogP) is 16.2. The summed E-state index contributed by atoms with van der Waals surface area (Å²) in [6.07, 6.45) is 0. The van der Waals surface area contributed by atoms with Crippen molar-refractivity contribution >= 4 is 253 Å². The van der Waals surface area contributed by atoms with E-state index in [2.05, 4.69) is 47.5 Å². The van der Waals surface area contributed by atoms with Gasteiger partial charge in [0.25, 0.3) is 38.9 Å². The Morgan fingerprint density at radius 3 is 1.11 bits per heavy atom. The molecule has 1 aliphatic heterocycles. The lowest BCUT2D eigenvalue weighted by Gasteiger charge is -2.14. The molecule has 10 rings (SSSR count).